The van der Waals surface area contributed by atoms with Crippen LogP contribution in [0.25, 0.3) is 0 Å². The summed E-state index contributed by atoms with van der Waals surface area (Å²) in [6, 6.07) is 8.09. The molecule has 0 bridgehead atoms. The van der Waals surface area contributed by atoms with Gasteiger partial charge >= 0.3 is 6.09 Å². The first-order chi connectivity index (χ1) is 17.7. The molecule has 0 heterocycles. The lowest BCUT2D eigenvalue weighted by molar-refractivity contribution is -0.141. The number of hydrogen-bond acceptors (Lipinski definition) is 6. The first-order valence-corrected chi connectivity index (χ1v) is 12.2. The number of hydrogen-bond donors (Lipinski definition) is 4. The number of amides is 4. The summed E-state index contributed by atoms with van der Waals surface area (Å²) in [5.41, 5.74) is 5.88. The number of alkyl carbamates (subject to hydrolysis) is 1. The van der Waals surface area contributed by atoms with Gasteiger partial charge in [0.2, 0.25) is 11.8 Å². The second-order valence-electron chi connectivity index (χ2n) is 9.56. The Morgan fingerprint density at radius 2 is 1.79 bits per heavy atom. The van der Waals surface area contributed by atoms with Crippen molar-refractivity contribution in [3.05, 3.63) is 71.3 Å². The SMILES string of the molecule is C=CCN(C(=O)C(CC(N)=O)NC(=O)OC(C)(C)C)C(C(=O)Nc1c(C)cccc1Cl)c1ccc(O)cc1. The lowest BCUT2D eigenvalue weighted by Crippen LogP contribution is -2.53. The molecule has 2 atom stereocenters. The Kier molecular flexibility index (Phi) is 10.3. The van der Waals surface area contributed by atoms with E-state index in [1.807, 2.05) is 0 Å². The van der Waals surface area contributed by atoms with Gasteiger partial charge in [-0.2, -0.15) is 0 Å². The first kappa shape index (κ1) is 30.2. The molecule has 11 heteroatoms. The highest BCUT2D eigenvalue weighted by atomic mass is 35.5. The van der Waals surface area contributed by atoms with Gasteiger partial charge in [-0.1, -0.05) is 41.9 Å². The number of para-hydroxylation sites is 1. The molecule has 4 amide bonds. The van der Waals surface area contributed by atoms with Gasteiger partial charge in [0.25, 0.3) is 5.91 Å². The largest absolute Gasteiger partial charge is 0.508 e. The van der Waals surface area contributed by atoms with Gasteiger partial charge in [-0.3, -0.25) is 14.4 Å². The number of nitrogens with one attached hydrogen (secondary N) is 2. The first-order valence-electron chi connectivity index (χ1n) is 11.8. The molecule has 10 nitrogen and oxygen atoms in total. The topological polar surface area (TPSA) is 151 Å². The monoisotopic (exact) mass is 544 g/mol. The molecule has 0 radical (unpaired) electrons. The predicted octanol–water partition coefficient (Wildman–Crippen LogP) is 3.82. The van der Waals surface area contributed by atoms with Crippen molar-refractivity contribution in [2.45, 2.75) is 51.8 Å². The molecule has 0 aromatic heterocycles. The van der Waals surface area contributed by atoms with Crippen LogP contribution in [0, 0.1) is 6.92 Å². The summed E-state index contributed by atoms with van der Waals surface area (Å²) in [6.45, 7) is 10.2. The van der Waals surface area contributed by atoms with Crippen molar-refractivity contribution >= 4 is 41.1 Å². The Balaban J connectivity index is 2.54. The van der Waals surface area contributed by atoms with E-state index in [2.05, 4.69) is 17.2 Å². The second-order valence-corrected chi connectivity index (χ2v) is 9.97. The number of phenolic OH excluding ortho intramolecular Hbond substituents is 1. The highest BCUT2D eigenvalue weighted by molar-refractivity contribution is 6.34. The van der Waals surface area contributed by atoms with Gasteiger partial charge in [-0.25, -0.2) is 4.79 Å². The van der Waals surface area contributed by atoms with Gasteiger partial charge in [0, 0.05) is 6.54 Å². The lowest BCUT2D eigenvalue weighted by Gasteiger charge is -2.33. The van der Waals surface area contributed by atoms with Crippen molar-refractivity contribution < 1.29 is 29.0 Å². The Morgan fingerprint density at radius 1 is 1.16 bits per heavy atom. The van der Waals surface area contributed by atoms with Crippen LogP contribution >= 0.6 is 11.6 Å². The number of nitrogens with two attached hydrogens (primary N) is 1. The van der Waals surface area contributed by atoms with Crippen molar-refractivity contribution in [2.24, 2.45) is 5.73 Å². The molecule has 2 aromatic carbocycles. The molecule has 0 aliphatic rings. The van der Waals surface area contributed by atoms with Crippen LogP contribution in [0.5, 0.6) is 5.75 Å². The fourth-order valence-electron chi connectivity index (χ4n) is 3.62. The third-order valence-corrected chi connectivity index (χ3v) is 5.56. The number of benzene rings is 2. The summed E-state index contributed by atoms with van der Waals surface area (Å²) in [6.07, 6.45) is -0.0825. The number of halogens is 1. The van der Waals surface area contributed by atoms with Crippen molar-refractivity contribution in [3.8, 4) is 5.75 Å². The van der Waals surface area contributed by atoms with Gasteiger partial charge in [-0.15, -0.1) is 6.58 Å². The van der Waals surface area contributed by atoms with E-state index in [1.165, 1.54) is 30.3 Å². The molecular formula is C27H33ClN4O6. The number of rotatable bonds is 10. The van der Waals surface area contributed by atoms with E-state index >= 15 is 0 Å². The van der Waals surface area contributed by atoms with Crippen molar-refractivity contribution in [1.29, 1.82) is 0 Å². The zero-order chi connectivity index (χ0) is 28.6. The molecule has 2 rings (SSSR count). The van der Waals surface area contributed by atoms with Gasteiger partial charge in [0.05, 0.1) is 17.1 Å². The fraction of sp³-hybridized carbons (Fsp3) is 0.333. The molecular weight excluding hydrogens is 512 g/mol. The second kappa shape index (κ2) is 13.0. The number of aromatic hydroxyl groups is 1. The number of phenols is 1. The van der Waals surface area contributed by atoms with Crippen LogP contribution in [0.1, 0.15) is 44.4 Å². The average molecular weight is 545 g/mol. The van der Waals surface area contributed by atoms with Crippen LogP contribution in [0.2, 0.25) is 5.02 Å². The van der Waals surface area contributed by atoms with E-state index < -0.39 is 47.9 Å². The van der Waals surface area contributed by atoms with E-state index in [4.69, 9.17) is 22.1 Å². The summed E-state index contributed by atoms with van der Waals surface area (Å²) < 4.78 is 5.24. The number of aryl methyl sites for hydroxylation is 1. The Morgan fingerprint density at radius 3 is 2.32 bits per heavy atom. The highest BCUT2D eigenvalue weighted by Gasteiger charge is 2.36. The number of anilines is 1. The number of carbonyl (C=O) groups is 4. The third-order valence-electron chi connectivity index (χ3n) is 5.24. The maximum absolute atomic E-state index is 13.8. The van der Waals surface area contributed by atoms with Crippen molar-refractivity contribution in [1.82, 2.24) is 10.2 Å². The molecule has 0 saturated heterocycles. The van der Waals surface area contributed by atoms with E-state index in [1.54, 1.807) is 45.9 Å². The van der Waals surface area contributed by atoms with Crippen LogP contribution in [-0.2, 0) is 19.1 Å². The Bertz CT molecular complexity index is 1170. The minimum Gasteiger partial charge on any atom is -0.508 e. The maximum atomic E-state index is 13.8. The van der Waals surface area contributed by atoms with E-state index in [0.29, 0.717) is 21.8 Å². The molecule has 0 saturated carbocycles. The van der Waals surface area contributed by atoms with E-state index in [0.717, 1.165) is 4.90 Å². The van der Waals surface area contributed by atoms with E-state index in [-0.39, 0.29) is 12.3 Å². The maximum Gasteiger partial charge on any atom is 0.408 e. The molecule has 0 spiro atoms. The molecule has 2 unspecified atom stereocenters. The standard InChI is InChI=1S/C27H33ClN4O6/c1-6-14-32(25(36)20(15-21(29)34)30-26(37)38-27(3,4)5)23(17-10-12-18(33)13-11-17)24(35)31-22-16(2)8-7-9-19(22)28/h6-13,20,23,33H,1,14-15H2,2-5H3,(H2,29,34)(H,30,37)(H,31,35). The minimum absolute atomic E-state index is 0.0466. The summed E-state index contributed by atoms with van der Waals surface area (Å²) in [5, 5.41) is 15.2. The van der Waals surface area contributed by atoms with Crippen molar-refractivity contribution in [2.75, 3.05) is 11.9 Å². The highest BCUT2D eigenvalue weighted by Crippen LogP contribution is 2.30. The number of primary amides is 1. The molecule has 204 valence electrons. The molecule has 38 heavy (non-hydrogen) atoms. The average Bonchev–Trinajstić information content (AvgIpc) is 2.80. The van der Waals surface area contributed by atoms with Crippen LogP contribution in [0.3, 0.4) is 0 Å². The quantitative estimate of drug-likeness (QED) is 0.334. The van der Waals surface area contributed by atoms with Gasteiger partial charge in [-0.05, 0) is 57.0 Å². The summed E-state index contributed by atoms with van der Waals surface area (Å²) >= 11 is 6.31. The number of carbonyl (C=O) groups excluding carboxylic acids is 4. The summed E-state index contributed by atoms with van der Waals surface area (Å²) in [4.78, 5) is 52.9. The van der Waals surface area contributed by atoms with Crippen LogP contribution in [0.4, 0.5) is 10.5 Å². The van der Waals surface area contributed by atoms with Gasteiger partial charge < -0.3 is 31.1 Å². The zero-order valence-electron chi connectivity index (χ0n) is 21.8. The predicted molar refractivity (Wildman–Crippen MR) is 145 cm³/mol. The smallest absolute Gasteiger partial charge is 0.408 e. The minimum atomic E-state index is -1.43. The lowest BCUT2D eigenvalue weighted by atomic mass is 10.0. The molecule has 0 aliphatic carbocycles. The zero-order valence-corrected chi connectivity index (χ0v) is 22.5. The van der Waals surface area contributed by atoms with Crippen LogP contribution < -0.4 is 16.4 Å². The summed E-state index contributed by atoms with van der Waals surface area (Å²) in [5.74, 6) is -2.30. The molecule has 0 aliphatic heterocycles. The summed E-state index contributed by atoms with van der Waals surface area (Å²) in [7, 11) is 0. The normalized spacial score (nSPS) is 12.6. The van der Waals surface area contributed by atoms with Gasteiger partial charge in [0.1, 0.15) is 23.4 Å². The number of nitrogens with zero attached hydrogens (tertiary/aromatic N) is 1. The van der Waals surface area contributed by atoms with Gasteiger partial charge in [0.15, 0.2) is 0 Å². The van der Waals surface area contributed by atoms with Crippen LogP contribution in [0.15, 0.2) is 55.1 Å². The third kappa shape index (κ3) is 8.52. The fourth-order valence-corrected chi connectivity index (χ4v) is 3.89. The molecule has 2 aromatic rings. The van der Waals surface area contributed by atoms with E-state index in [9.17, 15) is 24.3 Å². The van der Waals surface area contributed by atoms with Crippen LogP contribution in [-0.4, -0.2) is 52.0 Å². The number of ether oxygens (including phenoxy) is 1. The Hall–Kier alpha value is -4.05. The Labute approximate surface area is 226 Å². The molecule has 5 N–H and O–H groups in total. The molecule has 0 fully saturated rings. The van der Waals surface area contributed by atoms with Crippen molar-refractivity contribution in [3.63, 3.8) is 0 Å².